The maximum Gasteiger partial charge on any atom is 0.236 e. The van der Waals surface area contributed by atoms with Gasteiger partial charge >= 0.3 is 0 Å². The van der Waals surface area contributed by atoms with E-state index in [9.17, 15) is 9.90 Å². The molecular formula is C20H33N3O3. The SMILES string of the molecule is CCN(CC)C(=O)CN1CCN(CC(O)COc2ccccc2C)CC1. The van der Waals surface area contributed by atoms with Gasteiger partial charge < -0.3 is 14.7 Å². The van der Waals surface area contributed by atoms with Gasteiger partial charge in [0.1, 0.15) is 18.5 Å². The van der Waals surface area contributed by atoms with Gasteiger partial charge in [0, 0.05) is 45.8 Å². The Labute approximate surface area is 157 Å². The summed E-state index contributed by atoms with van der Waals surface area (Å²) < 4.78 is 5.73. The van der Waals surface area contributed by atoms with Crippen LogP contribution in [0.4, 0.5) is 0 Å². The lowest BCUT2D eigenvalue weighted by atomic mass is 10.2. The van der Waals surface area contributed by atoms with Gasteiger partial charge in [0.2, 0.25) is 5.91 Å². The smallest absolute Gasteiger partial charge is 0.236 e. The van der Waals surface area contributed by atoms with Gasteiger partial charge in [-0.15, -0.1) is 0 Å². The number of aryl methyl sites for hydroxylation is 1. The van der Waals surface area contributed by atoms with Gasteiger partial charge in [-0.3, -0.25) is 14.6 Å². The van der Waals surface area contributed by atoms with E-state index in [0.29, 0.717) is 19.7 Å². The van der Waals surface area contributed by atoms with Gasteiger partial charge in [-0.2, -0.15) is 0 Å². The number of hydrogen-bond donors (Lipinski definition) is 1. The number of para-hydroxylation sites is 1. The molecule has 0 aromatic heterocycles. The fourth-order valence-electron chi connectivity index (χ4n) is 3.25. The maximum absolute atomic E-state index is 12.2. The van der Waals surface area contributed by atoms with Crippen LogP contribution >= 0.6 is 0 Å². The van der Waals surface area contributed by atoms with Crippen molar-refractivity contribution in [3.8, 4) is 5.75 Å². The van der Waals surface area contributed by atoms with Crippen molar-refractivity contribution in [2.24, 2.45) is 0 Å². The van der Waals surface area contributed by atoms with Crippen LogP contribution in [0.2, 0.25) is 0 Å². The zero-order valence-corrected chi connectivity index (χ0v) is 16.4. The number of hydrogen-bond acceptors (Lipinski definition) is 5. The molecule has 26 heavy (non-hydrogen) atoms. The zero-order valence-electron chi connectivity index (χ0n) is 16.4. The second-order valence-electron chi connectivity index (χ2n) is 6.87. The fraction of sp³-hybridized carbons (Fsp3) is 0.650. The molecule has 1 heterocycles. The third-order valence-corrected chi connectivity index (χ3v) is 4.93. The summed E-state index contributed by atoms with van der Waals surface area (Å²) in [5.41, 5.74) is 1.08. The number of benzene rings is 1. The summed E-state index contributed by atoms with van der Waals surface area (Å²) in [5, 5.41) is 10.3. The molecule has 1 atom stereocenters. The van der Waals surface area contributed by atoms with Crippen LogP contribution in [0.25, 0.3) is 0 Å². The van der Waals surface area contributed by atoms with Crippen LogP contribution in [0.3, 0.4) is 0 Å². The topological polar surface area (TPSA) is 56.3 Å². The van der Waals surface area contributed by atoms with E-state index < -0.39 is 6.10 Å². The van der Waals surface area contributed by atoms with E-state index in [0.717, 1.165) is 50.6 Å². The Balaban J connectivity index is 1.68. The fourth-order valence-corrected chi connectivity index (χ4v) is 3.25. The predicted octanol–water partition coefficient (Wildman–Crippen LogP) is 1.22. The van der Waals surface area contributed by atoms with Crippen molar-refractivity contribution in [2.45, 2.75) is 26.9 Å². The van der Waals surface area contributed by atoms with E-state index in [1.165, 1.54) is 0 Å². The van der Waals surface area contributed by atoms with Crippen LogP contribution in [-0.2, 0) is 4.79 Å². The van der Waals surface area contributed by atoms with E-state index in [2.05, 4.69) is 9.80 Å². The monoisotopic (exact) mass is 363 g/mol. The van der Waals surface area contributed by atoms with E-state index in [1.54, 1.807) is 0 Å². The van der Waals surface area contributed by atoms with Crippen molar-refractivity contribution >= 4 is 5.91 Å². The number of carbonyl (C=O) groups is 1. The minimum atomic E-state index is -0.515. The summed E-state index contributed by atoms with van der Waals surface area (Å²) in [6, 6.07) is 7.84. The summed E-state index contributed by atoms with van der Waals surface area (Å²) >= 11 is 0. The average Bonchev–Trinajstić information content (AvgIpc) is 2.64. The summed E-state index contributed by atoms with van der Waals surface area (Å²) in [7, 11) is 0. The Morgan fingerprint density at radius 3 is 2.38 bits per heavy atom. The van der Waals surface area contributed by atoms with Gasteiger partial charge in [0.25, 0.3) is 0 Å². The minimum Gasteiger partial charge on any atom is -0.491 e. The first kappa shape index (κ1) is 20.7. The standard InChI is InChI=1S/C20H33N3O3/c1-4-23(5-2)20(25)15-22-12-10-21(11-13-22)14-18(24)16-26-19-9-7-6-8-17(19)3/h6-9,18,24H,4-5,10-16H2,1-3H3. The van der Waals surface area contributed by atoms with Crippen LogP contribution in [0, 0.1) is 6.92 Å². The van der Waals surface area contributed by atoms with Crippen molar-refractivity contribution in [3.63, 3.8) is 0 Å². The number of β-amino-alcohol motifs (C(OH)–C–C–N with tert-alkyl or cyclic N) is 1. The van der Waals surface area contributed by atoms with Crippen molar-refractivity contribution in [1.29, 1.82) is 0 Å². The molecule has 1 aromatic carbocycles. The normalized spacial score (nSPS) is 17.1. The minimum absolute atomic E-state index is 0.204. The number of ether oxygens (including phenoxy) is 1. The van der Waals surface area contributed by atoms with Crippen LogP contribution in [0.5, 0.6) is 5.75 Å². The second-order valence-corrected chi connectivity index (χ2v) is 6.87. The Hall–Kier alpha value is -1.63. The van der Waals surface area contributed by atoms with Crippen LogP contribution < -0.4 is 4.74 Å². The summed E-state index contributed by atoms with van der Waals surface area (Å²) in [6.07, 6.45) is -0.515. The van der Waals surface area contributed by atoms with Gasteiger partial charge in [-0.25, -0.2) is 0 Å². The Bertz CT molecular complexity index is 555. The molecule has 1 aliphatic rings. The lowest BCUT2D eigenvalue weighted by molar-refractivity contribution is -0.132. The average molecular weight is 364 g/mol. The molecule has 1 N–H and O–H groups in total. The van der Waals surface area contributed by atoms with E-state index >= 15 is 0 Å². The van der Waals surface area contributed by atoms with Crippen molar-refractivity contribution in [2.75, 3.05) is 59.0 Å². The van der Waals surface area contributed by atoms with Crippen molar-refractivity contribution in [3.05, 3.63) is 29.8 Å². The number of aliphatic hydroxyl groups is 1. The van der Waals surface area contributed by atoms with Gasteiger partial charge in [0.05, 0.1) is 6.54 Å². The molecule has 1 unspecified atom stereocenters. The predicted molar refractivity (Wildman–Crippen MR) is 103 cm³/mol. The highest BCUT2D eigenvalue weighted by atomic mass is 16.5. The molecule has 6 nitrogen and oxygen atoms in total. The number of nitrogens with zero attached hydrogens (tertiary/aromatic N) is 3. The quantitative estimate of drug-likeness (QED) is 0.715. The van der Waals surface area contributed by atoms with E-state index in [1.807, 2.05) is 49.9 Å². The molecule has 1 fully saturated rings. The van der Waals surface area contributed by atoms with E-state index in [-0.39, 0.29) is 5.91 Å². The third kappa shape index (κ3) is 6.27. The van der Waals surface area contributed by atoms with Crippen molar-refractivity contribution < 1.29 is 14.6 Å². The summed E-state index contributed by atoms with van der Waals surface area (Å²) in [5.74, 6) is 1.03. The van der Waals surface area contributed by atoms with Crippen LogP contribution in [-0.4, -0.2) is 90.8 Å². The lowest BCUT2D eigenvalue weighted by Gasteiger charge is -2.36. The first-order valence-electron chi connectivity index (χ1n) is 9.62. The van der Waals surface area contributed by atoms with Crippen molar-refractivity contribution in [1.82, 2.24) is 14.7 Å². The highest BCUT2D eigenvalue weighted by Gasteiger charge is 2.22. The molecule has 1 aromatic rings. The maximum atomic E-state index is 12.2. The molecule has 146 valence electrons. The molecule has 0 spiro atoms. The number of piperazine rings is 1. The molecule has 1 aliphatic heterocycles. The molecule has 1 saturated heterocycles. The first-order valence-corrected chi connectivity index (χ1v) is 9.62. The van der Waals surface area contributed by atoms with Gasteiger partial charge in [0.15, 0.2) is 0 Å². The molecule has 2 rings (SSSR count). The molecular weight excluding hydrogens is 330 g/mol. The molecule has 6 heteroatoms. The highest BCUT2D eigenvalue weighted by Crippen LogP contribution is 2.16. The third-order valence-electron chi connectivity index (χ3n) is 4.93. The number of aliphatic hydroxyl groups excluding tert-OH is 1. The van der Waals surface area contributed by atoms with Gasteiger partial charge in [-0.05, 0) is 32.4 Å². The zero-order chi connectivity index (χ0) is 18.9. The van der Waals surface area contributed by atoms with Crippen LogP contribution in [0.15, 0.2) is 24.3 Å². The largest absolute Gasteiger partial charge is 0.491 e. The molecule has 0 aliphatic carbocycles. The summed E-state index contributed by atoms with van der Waals surface area (Å²) in [6.45, 7) is 12.4. The highest BCUT2D eigenvalue weighted by molar-refractivity contribution is 5.78. The number of carbonyl (C=O) groups excluding carboxylic acids is 1. The first-order chi connectivity index (χ1) is 12.5. The Morgan fingerprint density at radius 1 is 1.15 bits per heavy atom. The second kappa shape index (κ2) is 10.5. The Morgan fingerprint density at radius 2 is 1.77 bits per heavy atom. The molecule has 0 saturated carbocycles. The molecule has 1 amide bonds. The number of amides is 1. The Kier molecular flexibility index (Phi) is 8.35. The lowest BCUT2D eigenvalue weighted by Crippen LogP contribution is -2.51. The summed E-state index contributed by atoms with van der Waals surface area (Å²) in [4.78, 5) is 18.5. The molecule has 0 bridgehead atoms. The van der Waals surface area contributed by atoms with Gasteiger partial charge in [-0.1, -0.05) is 18.2 Å². The van der Waals surface area contributed by atoms with E-state index in [4.69, 9.17) is 4.74 Å². The van der Waals surface area contributed by atoms with Crippen LogP contribution in [0.1, 0.15) is 19.4 Å². The molecule has 0 radical (unpaired) electrons. The number of rotatable bonds is 9. The number of likely N-dealkylation sites (N-methyl/N-ethyl adjacent to an activating group) is 1.